The van der Waals surface area contributed by atoms with Crippen LogP contribution in [-0.2, 0) is 16.1 Å². The third-order valence-corrected chi connectivity index (χ3v) is 10.9. The van der Waals surface area contributed by atoms with E-state index >= 15 is 0 Å². The van der Waals surface area contributed by atoms with Crippen LogP contribution < -0.4 is 0 Å². The van der Waals surface area contributed by atoms with Crippen molar-refractivity contribution in [1.82, 2.24) is 0 Å². The van der Waals surface area contributed by atoms with Gasteiger partial charge in [-0.2, -0.15) is 0 Å². The molecule has 3 aliphatic heterocycles. The van der Waals surface area contributed by atoms with E-state index < -0.39 is 0 Å². The molecular formula is C29H41NO3. The lowest BCUT2D eigenvalue weighted by molar-refractivity contribution is -0.561. The topological polar surface area (TPSA) is 47.8 Å². The molecule has 2 unspecified atom stereocenters. The zero-order valence-electron chi connectivity index (χ0n) is 20.7. The fourth-order valence-electron chi connectivity index (χ4n) is 9.38. The van der Waals surface area contributed by atoms with Crippen molar-refractivity contribution in [2.75, 3.05) is 6.61 Å². The molecule has 7 atom stereocenters. The molecule has 6 aliphatic rings. The maximum Gasteiger partial charge on any atom is 0.172 e. The zero-order valence-corrected chi connectivity index (χ0v) is 20.7. The van der Waals surface area contributed by atoms with Crippen LogP contribution >= 0.6 is 0 Å². The number of rotatable bonds is 9. The second-order valence-electron chi connectivity index (χ2n) is 12.6. The summed E-state index contributed by atoms with van der Waals surface area (Å²) >= 11 is 0. The van der Waals surface area contributed by atoms with Crippen LogP contribution in [0.1, 0.15) is 84.1 Å². The van der Waals surface area contributed by atoms with Crippen molar-refractivity contribution in [1.29, 1.82) is 0 Å². The first kappa shape index (κ1) is 22.1. The Morgan fingerprint density at radius 2 is 1.88 bits per heavy atom. The van der Waals surface area contributed by atoms with E-state index in [4.69, 9.17) is 9.47 Å². The van der Waals surface area contributed by atoms with E-state index in [0.717, 1.165) is 25.9 Å². The summed E-state index contributed by atoms with van der Waals surface area (Å²) in [6, 6.07) is 10.7. The van der Waals surface area contributed by atoms with Crippen molar-refractivity contribution in [2.45, 2.75) is 103 Å². The van der Waals surface area contributed by atoms with Gasteiger partial charge in [0, 0.05) is 17.9 Å². The summed E-state index contributed by atoms with van der Waals surface area (Å²) in [4.78, 5) is 0. The molecule has 0 amide bonds. The van der Waals surface area contributed by atoms with Crippen molar-refractivity contribution < 1.29 is 14.2 Å². The molecule has 0 aromatic heterocycles. The molecule has 4 fully saturated rings. The molecule has 3 heterocycles. The van der Waals surface area contributed by atoms with Gasteiger partial charge < -0.3 is 14.7 Å². The molecule has 0 radical (unpaired) electrons. The third kappa shape index (κ3) is 3.12. The summed E-state index contributed by atoms with van der Waals surface area (Å²) in [6.45, 7) is 8.44. The second kappa shape index (κ2) is 7.55. The van der Waals surface area contributed by atoms with Crippen LogP contribution in [0, 0.1) is 33.3 Å². The average Bonchev–Trinajstić information content (AvgIpc) is 3.14. The molecule has 33 heavy (non-hydrogen) atoms. The van der Waals surface area contributed by atoms with Gasteiger partial charge in [0.15, 0.2) is 12.3 Å². The monoisotopic (exact) mass is 451 g/mol. The van der Waals surface area contributed by atoms with Crippen LogP contribution in [0.15, 0.2) is 30.3 Å². The minimum Gasteiger partial charge on any atom is -0.624 e. The molecule has 1 saturated heterocycles. The predicted molar refractivity (Wildman–Crippen MR) is 130 cm³/mol. The summed E-state index contributed by atoms with van der Waals surface area (Å²) in [5, 5.41) is 13.5. The maximum atomic E-state index is 13.5. The molecule has 1 aromatic rings. The minimum absolute atomic E-state index is 0.0102. The Morgan fingerprint density at radius 3 is 2.64 bits per heavy atom. The molecule has 4 bridgehead atoms. The first-order valence-corrected chi connectivity index (χ1v) is 13.4. The van der Waals surface area contributed by atoms with Gasteiger partial charge in [-0.05, 0) is 82.1 Å². The standard InChI is InChI=1S/C29H41NO3/c1-26(2)24(33-26)13-16-27(3)22-12-17-28-14-7-11-23(28)29(27,20-30(31)25(22)28)15-8-18-32-19-21-9-5-4-6-10-21/h4-6,9-10,20,22-25H,7-8,11-19H2,1-3H3/t22?,23-,24?,25-,27+,28-,29-/m1/s1. The molecule has 7 rings (SSSR count). The van der Waals surface area contributed by atoms with Crippen LogP contribution in [0.4, 0.5) is 0 Å². The molecule has 4 heteroatoms. The molecule has 4 nitrogen and oxygen atoms in total. The van der Waals surface area contributed by atoms with Crippen molar-refractivity contribution >= 4 is 6.21 Å². The Kier molecular flexibility index (Phi) is 5.06. The fourth-order valence-corrected chi connectivity index (χ4v) is 9.38. The maximum absolute atomic E-state index is 13.5. The number of ether oxygens (including phenoxy) is 2. The average molecular weight is 452 g/mol. The van der Waals surface area contributed by atoms with Crippen LogP contribution in [0.25, 0.3) is 0 Å². The Morgan fingerprint density at radius 1 is 1.09 bits per heavy atom. The van der Waals surface area contributed by atoms with Crippen molar-refractivity contribution in [3.05, 3.63) is 41.1 Å². The number of benzene rings is 1. The van der Waals surface area contributed by atoms with Gasteiger partial charge in [0.2, 0.25) is 0 Å². The Balaban J connectivity index is 1.24. The molecule has 180 valence electrons. The van der Waals surface area contributed by atoms with Crippen molar-refractivity contribution in [3.63, 3.8) is 0 Å². The van der Waals surface area contributed by atoms with Gasteiger partial charge in [-0.15, -0.1) is 0 Å². The van der Waals surface area contributed by atoms with Gasteiger partial charge in [-0.3, -0.25) is 0 Å². The zero-order chi connectivity index (χ0) is 22.9. The van der Waals surface area contributed by atoms with Gasteiger partial charge in [-0.1, -0.05) is 43.7 Å². The van der Waals surface area contributed by atoms with Gasteiger partial charge in [-0.25, -0.2) is 4.74 Å². The van der Waals surface area contributed by atoms with Crippen molar-refractivity contribution in [2.24, 2.45) is 28.1 Å². The summed E-state index contributed by atoms with van der Waals surface area (Å²) in [7, 11) is 0. The lowest BCUT2D eigenvalue weighted by Crippen LogP contribution is -2.69. The van der Waals surface area contributed by atoms with E-state index in [1.807, 2.05) is 6.07 Å². The van der Waals surface area contributed by atoms with Crippen molar-refractivity contribution in [3.8, 4) is 0 Å². The van der Waals surface area contributed by atoms with E-state index in [-0.39, 0.29) is 27.9 Å². The number of hydrogen-bond donors (Lipinski definition) is 0. The van der Waals surface area contributed by atoms with Gasteiger partial charge in [0.05, 0.1) is 23.7 Å². The summed E-state index contributed by atoms with van der Waals surface area (Å²) < 4.78 is 13.6. The highest BCUT2D eigenvalue weighted by atomic mass is 16.6. The summed E-state index contributed by atoms with van der Waals surface area (Å²) in [5.41, 5.74) is 1.76. The fraction of sp³-hybridized carbons (Fsp3) is 0.759. The molecule has 1 spiro atoms. The summed E-state index contributed by atoms with van der Waals surface area (Å²) in [5.74, 6) is 1.20. The smallest absolute Gasteiger partial charge is 0.172 e. The third-order valence-electron chi connectivity index (χ3n) is 10.9. The first-order valence-electron chi connectivity index (χ1n) is 13.4. The highest BCUT2D eigenvalue weighted by Gasteiger charge is 2.79. The minimum atomic E-state index is 0.0102. The van der Waals surface area contributed by atoms with Crippen LogP contribution in [0.3, 0.4) is 0 Å². The number of hydrogen-bond acceptors (Lipinski definition) is 3. The first-order chi connectivity index (χ1) is 15.8. The van der Waals surface area contributed by atoms with E-state index in [1.54, 1.807) is 0 Å². The Hall–Kier alpha value is -1.39. The quantitative estimate of drug-likeness (QED) is 0.197. The second-order valence-corrected chi connectivity index (χ2v) is 12.6. The largest absolute Gasteiger partial charge is 0.624 e. The molecule has 1 aromatic carbocycles. The lowest BCUT2D eigenvalue weighted by Gasteiger charge is -2.64. The summed E-state index contributed by atoms with van der Waals surface area (Å²) in [6.07, 6.45) is 13.4. The SMILES string of the molecule is CC1(C)OC1CC[C@@]1(C)C2CC[C@]34CCC[C@H]3[C@@]1(CCCOCc1ccccc1)C=[N+]([O-])[C@H]24. The van der Waals surface area contributed by atoms with E-state index in [9.17, 15) is 5.21 Å². The molecule has 3 saturated carbocycles. The molecule has 3 aliphatic carbocycles. The van der Waals surface area contributed by atoms with Crippen LogP contribution in [0.5, 0.6) is 0 Å². The van der Waals surface area contributed by atoms with Gasteiger partial charge in [0.25, 0.3) is 0 Å². The predicted octanol–water partition coefficient (Wildman–Crippen LogP) is 6.11. The van der Waals surface area contributed by atoms with Gasteiger partial charge in [0.1, 0.15) is 0 Å². The van der Waals surface area contributed by atoms with Crippen LogP contribution in [0.2, 0.25) is 0 Å². The van der Waals surface area contributed by atoms with E-state index in [2.05, 4.69) is 51.3 Å². The molecule has 0 N–H and O–H groups in total. The highest BCUT2D eigenvalue weighted by Crippen LogP contribution is 2.77. The van der Waals surface area contributed by atoms with E-state index in [0.29, 0.717) is 24.5 Å². The van der Waals surface area contributed by atoms with E-state index in [1.165, 1.54) is 48.8 Å². The van der Waals surface area contributed by atoms with Crippen LogP contribution in [-0.4, -0.2) is 35.3 Å². The Bertz CT molecular complexity index is 928. The number of hydroxylamine groups is 1. The lowest BCUT2D eigenvalue weighted by atomic mass is 9.40. The van der Waals surface area contributed by atoms with Gasteiger partial charge >= 0.3 is 0 Å². The molecular weight excluding hydrogens is 410 g/mol. The number of epoxide rings is 1. The number of nitrogens with zero attached hydrogens (tertiary/aromatic N) is 1. The Labute approximate surface area is 199 Å². The normalized spacial score (nSPS) is 44.0. The highest BCUT2D eigenvalue weighted by molar-refractivity contribution is 5.67.